The molecule has 1 saturated heterocycles. The van der Waals surface area contributed by atoms with Gasteiger partial charge < -0.3 is 5.73 Å². The first kappa shape index (κ1) is 15.0. The van der Waals surface area contributed by atoms with Crippen LogP contribution >= 0.6 is 0 Å². The van der Waals surface area contributed by atoms with Crippen molar-refractivity contribution in [2.45, 2.75) is 5.75 Å². The molecule has 1 amide bonds. The number of nitrogens with zero attached hydrogens (tertiary/aromatic N) is 2. The summed E-state index contributed by atoms with van der Waals surface area (Å²) in [4.78, 5) is 12.7. The number of rotatable bonds is 5. The average Bonchev–Trinajstić information content (AvgIpc) is 2.39. The molecule has 1 aromatic carbocycles. The first-order valence-corrected chi connectivity index (χ1v) is 8.11. The summed E-state index contributed by atoms with van der Waals surface area (Å²) >= 11 is 0. The molecule has 1 fully saturated rings. The molecule has 0 radical (unpaired) electrons. The second kappa shape index (κ2) is 6.34. The molecule has 1 heterocycles. The highest BCUT2D eigenvalue weighted by Gasteiger charge is 2.27. The van der Waals surface area contributed by atoms with Crippen molar-refractivity contribution in [3.05, 3.63) is 35.9 Å². The second-order valence-electron chi connectivity index (χ2n) is 4.88. The van der Waals surface area contributed by atoms with Crippen LogP contribution in [0, 0.1) is 0 Å². The maximum absolute atomic E-state index is 12.3. The number of sulfonamides is 1. The number of primary amides is 1. The van der Waals surface area contributed by atoms with E-state index >= 15 is 0 Å². The first-order chi connectivity index (χ1) is 9.47. The van der Waals surface area contributed by atoms with Gasteiger partial charge in [0.05, 0.1) is 12.3 Å². The fourth-order valence-electron chi connectivity index (χ4n) is 2.26. The molecule has 20 heavy (non-hydrogen) atoms. The predicted molar refractivity (Wildman–Crippen MR) is 76.3 cm³/mol. The highest BCUT2D eigenvalue weighted by molar-refractivity contribution is 7.88. The summed E-state index contributed by atoms with van der Waals surface area (Å²) in [6.45, 7) is 2.07. The van der Waals surface area contributed by atoms with Gasteiger partial charge in [-0.05, 0) is 5.56 Å². The minimum absolute atomic E-state index is 0.0175. The summed E-state index contributed by atoms with van der Waals surface area (Å²) in [7, 11) is -3.30. The van der Waals surface area contributed by atoms with Gasteiger partial charge in [-0.1, -0.05) is 30.3 Å². The van der Waals surface area contributed by atoms with Crippen molar-refractivity contribution in [3.63, 3.8) is 0 Å². The summed E-state index contributed by atoms with van der Waals surface area (Å²) in [6.07, 6.45) is 0. The van der Waals surface area contributed by atoms with Gasteiger partial charge in [-0.25, -0.2) is 8.42 Å². The highest BCUT2D eigenvalue weighted by Crippen LogP contribution is 2.13. The summed E-state index contributed by atoms with van der Waals surface area (Å²) in [5.41, 5.74) is 5.92. The fraction of sp³-hybridized carbons (Fsp3) is 0.462. The van der Waals surface area contributed by atoms with Gasteiger partial charge in [-0.15, -0.1) is 0 Å². The van der Waals surface area contributed by atoms with Crippen LogP contribution in [0.5, 0.6) is 0 Å². The molecule has 0 spiro atoms. The molecule has 0 bridgehead atoms. The Morgan fingerprint density at radius 1 is 1.10 bits per heavy atom. The number of amides is 1. The van der Waals surface area contributed by atoms with Gasteiger partial charge in [-0.2, -0.15) is 4.31 Å². The Morgan fingerprint density at radius 3 is 2.25 bits per heavy atom. The lowest BCUT2D eigenvalue weighted by atomic mass is 10.2. The molecular formula is C13H19N3O3S. The zero-order chi connectivity index (χ0) is 14.6. The number of hydrogen-bond donors (Lipinski definition) is 1. The normalized spacial score (nSPS) is 18.0. The Bertz CT molecular complexity index is 551. The lowest BCUT2D eigenvalue weighted by Crippen LogP contribution is -2.50. The third-order valence-electron chi connectivity index (χ3n) is 3.30. The van der Waals surface area contributed by atoms with Crippen molar-refractivity contribution < 1.29 is 13.2 Å². The van der Waals surface area contributed by atoms with E-state index in [1.807, 2.05) is 23.1 Å². The van der Waals surface area contributed by atoms with E-state index in [4.69, 9.17) is 5.73 Å². The van der Waals surface area contributed by atoms with Crippen LogP contribution < -0.4 is 5.73 Å². The lowest BCUT2D eigenvalue weighted by molar-refractivity contribution is -0.119. The van der Waals surface area contributed by atoms with Crippen molar-refractivity contribution in [3.8, 4) is 0 Å². The molecule has 7 heteroatoms. The number of benzene rings is 1. The van der Waals surface area contributed by atoms with Crippen LogP contribution in [0.4, 0.5) is 0 Å². The Balaban J connectivity index is 1.94. The average molecular weight is 297 g/mol. The lowest BCUT2D eigenvalue weighted by Gasteiger charge is -2.33. The van der Waals surface area contributed by atoms with E-state index < -0.39 is 10.0 Å². The molecule has 2 N–H and O–H groups in total. The maximum Gasteiger partial charge on any atom is 0.231 e. The van der Waals surface area contributed by atoms with Crippen LogP contribution in [0.15, 0.2) is 30.3 Å². The van der Waals surface area contributed by atoms with E-state index in [0.29, 0.717) is 26.2 Å². The summed E-state index contributed by atoms with van der Waals surface area (Å²) < 4.78 is 26.1. The Morgan fingerprint density at radius 2 is 1.70 bits per heavy atom. The highest BCUT2D eigenvalue weighted by atomic mass is 32.2. The first-order valence-electron chi connectivity index (χ1n) is 6.50. The number of piperazine rings is 1. The Hall–Kier alpha value is -1.44. The molecule has 0 aliphatic carbocycles. The summed E-state index contributed by atoms with van der Waals surface area (Å²) in [6, 6.07) is 9.13. The molecule has 0 aromatic heterocycles. The summed E-state index contributed by atoms with van der Waals surface area (Å²) in [5, 5.41) is 0. The van der Waals surface area contributed by atoms with Crippen LogP contribution in [-0.4, -0.2) is 56.3 Å². The minimum atomic E-state index is -3.30. The predicted octanol–water partition coefficient (Wildman–Crippen LogP) is -0.381. The molecule has 2 rings (SSSR count). The van der Waals surface area contributed by atoms with Crippen LogP contribution in [0.2, 0.25) is 0 Å². The molecule has 1 aliphatic heterocycles. The van der Waals surface area contributed by atoms with Crippen LogP contribution in [0.1, 0.15) is 5.56 Å². The van der Waals surface area contributed by atoms with Crippen LogP contribution in [0.25, 0.3) is 0 Å². The van der Waals surface area contributed by atoms with E-state index in [-0.39, 0.29) is 18.2 Å². The standard InChI is InChI=1S/C13H19N3O3S/c14-13(17)10-15-6-8-16(9-7-15)20(18,19)11-12-4-2-1-3-5-12/h1-5H,6-11H2,(H2,14,17). The van der Waals surface area contributed by atoms with Gasteiger partial charge in [0.15, 0.2) is 0 Å². The monoisotopic (exact) mass is 297 g/mol. The number of nitrogens with two attached hydrogens (primary N) is 1. The van der Waals surface area contributed by atoms with E-state index in [9.17, 15) is 13.2 Å². The zero-order valence-electron chi connectivity index (χ0n) is 11.2. The van der Waals surface area contributed by atoms with Gasteiger partial charge in [0.2, 0.25) is 15.9 Å². The molecule has 110 valence electrons. The number of carbonyl (C=O) groups is 1. The number of hydrogen-bond acceptors (Lipinski definition) is 4. The largest absolute Gasteiger partial charge is 0.369 e. The zero-order valence-corrected chi connectivity index (χ0v) is 12.1. The third kappa shape index (κ3) is 4.03. The summed E-state index contributed by atoms with van der Waals surface area (Å²) in [5.74, 6) is -0.366. The molecule has 6 nitrogen and oxygen atoms in total. The van der Waals surface area contributed by atoms with Crippen molar-refractivity contribution in [2.24, 2.45) is 5.73 Å². The minimum Gasteiger partial charge on any atom is -0.369 e. The van der Waals surface area contributed by atoms with Gasteiger partial charge in [0.25, 0.3) is 0 Å². The van der Waals surface area contributed by atoms with Gasteiger partial charge in [0, 0.05) is 26.2 Å². The van der Waals surface area contributed by atoms with E-state index in [2.05, 4.69) is 0 Å². The molecule has 0 atom stereocenters. The van der Waals surface area contributed by atoms with Crippen molar-refractivity contribution in [1.82, 2.24) is 9.21 Å². The SMILES string of the molecule is NC(=O)CN1CCN(S(=O)(=O)Cc2ccccc2)CC1. The third-order valence-corrected chi connectivity index (χ3v) is 5.15. The Labute approximate surface area is 119 Å². The molecule has 0 unspecified atom stereocenters. The fourth-order valence-corrected chi connectivity index (χ4v) is 3.78. The number of carbonyl (C=O) groups excluding carboxylic acids is 1. The topological polar surface area (TPSA) is 83.7 Å². The van der Waals surface area contributed by atoms with Crippen molar-refractivity contribution in [1.29, 1.82) is 0 Å². The Kier molecular flexibility index (Phi) is 4.74. The van der Waals surface area contributed by atoms with E-state index in [0.717, 1.165) is 5.56 Å². The molecule has 0 saturated carbocycles. The van der Waals surface area contributed by atoms with E-state index in [1.165, 1.54) is 4.31 Å². The van der Waals surface area contributed by atoms with Gasteiger partial charge >= 0.3 is 0 Å². The van der Waals surface area contributed by atoms with Crippen molar-refractivity contribution in [2.75, 3.05) is 32.7 Å². The van der Waals surface area contributed by atoms with Gasteiger partial charge in [0.1, 0.15) is 0 Å². The second-order valence-corrected chi connectivity index (χ2v) is 6.85. The molecule has 1 aromatic rings. The van der Waals surface area contributed by atoms with Gasteiger partial charge in [-0.3, -0.25) is 9.69 Å². The molecular weight excluding hydrogens is 278 g/mol. The van der Waals surface area contributed by atoms with Crippen LogP contribution in [0.3, 0.4) is 0 Å². The van der Waals surface area contributed by atoms with Crippen molar-refractivity contribution >= 4 is 15.9 Å². The smallest absolute Gasteiger partial charge is 0.231 e. The quantitative estimate of drug-likeness (QED) is 0.803. The maximum atomic E-state index is 12.3. The van der Waals surface area contributed by atoms with Crippen LogP contribution in [-0.2, 0) is 20.6 Å². The van der Waals surface area contributed by atoms with E-state index in [1.54, 1.807) is 12.1 Å². The molecule has 1 aliphatic rings.